The monoisotopic (exact) mass is 237 g/mol. The number of carboxylic acids is 1. The van der Waals surface area contributed by atoms with Crippen molar-refractivity contribution in [3.05, 3.63) is 18.7 Å². The van der Waals surface area contributed by atoms with Crippen molar-refractivity contribution in [2.45, 2.75) is 25.0 Å². The molecule has 1 fully saturated rings. The molecule has 90 valence electrons. The molecule has 2 heterocycles. The van der Waals surface area contributed by atoms with Crippen LogP contribution in [0, 0.1) is 0 Å². The molecule has 1 aliphatic rings. The molecule has 0 bridgehead atoms. The van der Waals surface area contributed by atoms with Crippen LogP contribution in [-0.2, 0) is 14.3 Å². The van der Waals surface area contributed by atoms with Crippen LogP contribution < -0.4 is 5.32 Å². The number of nitrogens with one attached hydrogen (secondary N) is 1. The minimum absolute atomic E-state index is 0.346. The van der Waals surface area contributed by atoms with Gasteiger partial charge in [0.05, 0.1) is 18.1 Å². The first-order valence-electron chi connectivity index (χ1n) is 5.11. The van der Waals surface area contributed by atoms with Crippen LogP contribution in [0.15, 0.2) is 18.7 Å². The zero-order valence-corrected chi connectivity index (χ0v) is 8.87. The number of aliphatic carboxylic acids is 1. The Morgan fingerprint density at radius 3 is 2.53 bits per heavy atom. The highest BCUT2D eigenvalue weighted by Crippen LogP contribution is 2.21. The number of ether oxygens (including phenoxy) is 1. The minimum atomic E-state index is -1.04. The maximum absolute atomic E-state index is 11.7. The van der Waals surface area contributed by atoms with Crippen LogP contribution in [-0.4, -0.2) is 39.2 Å². The molecule has 2 unspecified atom stereocenters. The summed E-state index contributed by atoms with van der Waals surface area (Å²) in [6.45, 7) is 0. The number of carboxylic acid groups (broad SMARTS) is 1. The Bertz CT molecular complexity index is 423. The summed E-state index contributed by atoms with van der Waals surface area (Å²) in [6, 6.07) is 0. The summed E-state index contributed by atoms with van der Waals surface area (Å²) in [7, 11) is 0. The Morgan fingerprint density at radius 1 is 1.29 bits per heavy atom. The van der Waals surface area contributed by atoms with Crippen LogP contribution in [0.4, 0.5) is 5.69 Å². The number of nitrogens with zero attached hydrogens (tertiary/aromatic N) is 2. The highest BCUT2D eigenvalue weighted by molar-refractivity contribution is 5.94. The van der Waals surface area contributed by atoms with Gasteiger partial charge in [-0.25, -0.2) is 14.8 Å². The molecule has 7 heteroatoms. The van der Waals surface area contributed by atoms with E-state index in [-0.39, 0.29) is 5.91 Å². The van der Waals surface area contributed by atoms with E-state index in [9.17, 15) is 9.59 Å². The van der Waals surface area contributed by atoms with Crippen LogP contribution >= 0.6 is 0 Å². The van der Waals surface area contributed by atoms with Crippen molar-refractivity contribution >= 4 is 17.6 Å². The molecule has 2 atom stereocenters. The third kappa shape index (κ3) is 2.76. The fourth-order valence-corrected chi connectivity index (χ4v) is 1.60. The van der Waals surface area contributed by atoms with Gasteiger partial charge in [-0.2, -0.15) is 0 Å². The second-order valence-corrected chi connectivity index (χ2v) is 3.65. The van der Waals surface area contributed by atoms with Crippen molar-refractivity contribution in [2.24, 2.45) is 0 Å². The molecule has 1 saturated heterocycles. The Balaban J connectivity index is 1.92. The van der Waals surface area contributed by atoms with E-state index in [1.165, 1.54) is 18.7 Å². The molecule has 0 radical (unpaired) electrons. The molecule has 1 aromatic heterocycles. The van der Waals surface area contributed by atoms with Crippen LogP contribution in [0.5, 0.6) is 0 Å². The minimum Gasteiger partial charge on any atom is -0.479 e. The lowest BCUT2D eigenvalue weighted by Gasteiger charge is -2.11. The molecule has 2 rings (SSSR count). The molecule has 1 aliphatic heterocycles. The lowest BCUT2D eigenvalue weighted by Crippen LogP contribution is -2.30. The maximum Gasteiger partial charge on any atom is 0.332 e. The van der Waals surface area contributed by atoms with Crippen molar-refractivity contribution in [3.63, 3.8) is 0 Å². The standard InChI is InChI=1S/C10H11N3O4/c14-9(13-6-3-11-5-12-4-6)7-1-2-8(17-7)10(15)16/h3-5,7-8H,1-2H2,(H,13,14)(H,15,16). The van der Waals surface area contributed by atoms with Gasteiger partial charge in [-0.1, -0.05) is 0 Å². The Hall–Kier alpha value is -2.02. The Kier molecular flexibility index (Phi) is 3.29. The van der Waals surface area contributed by atoms with Crippen molar-refractivity contribution in [1.82, 2.24) is 9.97 Å². The van der Waals surface area contributed by atoms with E-state index in [2.05, 4.69) is 15.3 Å². The molecule has 17 heavy (non-hydrogen) atoms. The van der Waals surface area contributed by atoms with Crippen molar-refractivity contribution < 1.29 is 19.4 Å². The first kappa shape index (κ1) is 11.5. The number of amides is 1. The molecule has 7 nitrogen and oxygen atoms in total. The van der Waals surface area contributed by atoms with Gasteiger partial charge in [0.15, 0.2) is 6.10 Å². The van der Waals surface area contributed by atoms with Crippen LogP contribution in [0.3, 0.4) is 0 Å². The topological polar surface area (TPSA) is 101 Å². The number of carbonyl (C=O) groups excluding carboxylic acids is 1. The summed E-state index contributed by atoms with van der Waals surface area (Å²) in [5, 5.41) is 11.3. The molecular formula is C10H11N3O4. The summed E-state index contributed by atoms with van der Waals surface area (Å²) in [4.78, 5) is 29.8. The molecule has 0 saturated carbocycles. The van der Waals surface area contributed by atoms with Crippen molar-refractivity contribution in [3.8, 4) is 0 Å². The van der Waals surface area contributed by atoms with E-state index >= 15 is 0 Å². The predicted molar refractivity (Wildman–Crippen MR) is 56.2 cm³/mol. The second-order valence-electron chi connectivity index (χ2n) is 3.65. The number of hydrogen-bond donors (Lipinski definition) is 2. The number of aromatic nitrogens is 2. The lowest BCUT2D eigenvalue weighted by molar-refractivity contribution is -0.150. The van der Waals surface area contributed by atoms with Gasteiger partial charge < -0.3 is 15.2 Å². The fraction of sp³-hybridized carbons (Fsp3) is 0.400. The van der Waals surface area contributed by atoms with E-state index in [4.69, 9.17) is 9.84 Å². The molecule has 1 aromatic rings. The number of carbonyl (C=O) groups is 2. The summed E-state index contributed by atoms with van der Waals surface area (Å²) in [5.74, 6) is -1.41. The molecule has 0 spiro atoms. The SMILES string of the molecule is O=C(O)C1CCC(C(=O)Nc2cncnc2)O1. The maximum atomic E-state index is 11.7. The van der Waals surface area contributed by atoms with E-state index in [0.717, 1.165) is 0 Å². The van der Waals surface area contributed by atoms with Gasteiger partial charge in [-0.15, -0.1) is 0 Å². The van der Waals surface area contributed by atoms with Gasteiger partial charge in [0.25, 0.3) is 5.91 Å². The molecule has 1 amide bonds. The van der Waals surface area contributed by atoms with Crippen molar-refractivity contribution in [1.29, 1.82) is 0 Å². The summed E-state index contributed by atoms with van der Waals surface area (Å²) in [6.07, 6.45) is 3.38. The quantitative estimate of drug-likeness (QED) is 0.770. The summed E-state index contributed by atoms with van der Waals surface area (Å²) < 4.78 is 5.10. The van der Waals surface area contributed by atoms with Gasteiger partial charge in [0.2, 0.25) is 0 Å². The largest absolute Gasteiger partial charge is 0.479 e. The van der Waals surface area contributed by atoms with E-state index in [1.54, 1.807) is 0 Å². The average molecular weight is 237 g/mol. The predicted octanol–water partition coefficient (Wildman–Crippen LogP) is 0.0473. The third-order valence-corrected chi connectivity index (χ3v) is 2.42. The molecule has 0 aliphatic carbocycles. The first-order valence-corrected chi connectivity index (χ1v) is 5.11. The molecular weight excluding hydrogens is 226 g/mol. The zero-order chi connectivity index (χ0) is 12.3. The van der Waals surface area contributed by atoms with E-state index in [0.29, 0.717) is 18.5 Å². The van der Waals surface area contributed by atoms with E-state index < -0.39 is 18.2 Å². The Morgan fingerprint density at radius 2 is 1.94 bits per heavy atom. The smallest absolute Gasteiger partial charge is 0.332 e. The van der Waals surface area contributed by atoms with Gasteiger partial charge in [-0.05, 0) is 12.8 Å². The highest BCUT2D eigenvalue weighted by atomic mass is 16.5. The molecule has 0 aromatic carbocycles. The lowest BCUT2D eigenvalue weighted by atomic mass is 10.2. The van der Waals surface area contributed by atoms with Gasteiger partial charge >= 0.3 is 5.97 Å². The first-order chi connectivity index (χ1) is 8.16. The number of rotatable bonds is 3. The Labute approximate surface area is 96.8 Å². The fourth-order valence-electron chi connectivity index (χ4n) is 1.60. The summed E-state index contributed by atoms with van der Waals surface area (Å²) >= 11 is 0. The third-order valence-electron chi connectivity index (χ3n) is 2.42. The summed E-state index contributed by atoms with van der Waals surface area (Å²) in [5.41, 5.74) is 0.458. The van der Waals surface area contributed by atoms with Crippen LogP contribution in [0.1, 0.15) is 12.8 Å². The molecule has 2 N–H and O–H groups in total. The van der Waals surface area contributed by atoms with Gasteiger partial charge in [0.1, 0.15) is 12.4 Å². The van der Waals surface area contributed by atoms with Gasteiger partial charge in [0, 0.05) is 0 Å². The number of anilines is 1. The van der Waals surface area contributed by atoms with Crippen LogP contribution in [0.2, 0.25) is 0 Å². The highest BCUT2D eigenvalue weighted by Gasteiger charge is 2.34. The zero-order valence-electron chi connectivity index (χ0n) is 8.87. The average Bonchev–Trinajstić information content (AvgIpc) is 2.79. The second kappa shape index (κ2) is 4.88. The van der Waals surface area contributed by atoms with Crippen molar-refractivity contribution in [2.75, 3.05) is 5.32 Å². The van der Waals surface area contributed by atoms with Gasteiger partial charge in [-0.3, -0.25) is 4.79 Å². The van der Waals surface area contributed by atoms with E-state index in [1.807, 2.05) is 0 Å². The number of hydrogen-bond acceptors (Lipinski definition) is 5. The van der Waals surface area contributed by atoms with Crippen LogP contribution in [0.25, 0.3) is 0 Å². The normalized spacial score (nSPS) is 23.3.